The average Bonchev–Trinajstić information content (AvgIpc) is 3.23. The third-order valence-corrected chi connectivity index (χ3v) is 3.63. The number of nitrogens with zero attached hydrogens (tertiary/aromatic N) is 2. The maximum atomic E-state index is 5.83. The van der Waals surface area contributed by atoms with Crippen LogP contribution in [0.5, 0.6) is 0 Å². The molecule has 4 heteroatoms. The first-order valence-electron chi connectivity index (χ1n) is 6.38. The van der Waals surface area contributed by atoms with E-state index in [1.807, 2.05) is 18.3 Å². The molecule has 0 aromatic carbocycles. The molecule has 3 rings (SSSR count). The van der Waals surface area contributed by atoms with Crippen LogP contribution in [-0.4, -0.2) is 41.7 Å². The molecule has 2 unspecified atom stereocenters. The third-order valence-electron chi connectivity index (χ3n) is 3.63. The van der Waals surface area contributed by atoms with Crippen LogP contribution in [-0.2, 0) is 4.74 Å². The van der Waals surface area contributed by atoms with Crippen LogP contribution >= 0.6 is 0 Å². The highest BCUT2D eigenvalue weighted by molar-refractivity contribution is 5.13. The summed E-state index contributed by atoms with van der Waals surface area (Å²) in [6.07, 6.45) is 4.54. The predicted molar refractivity (Wildman–Crippen MR) is 65.5 cm³/mol. The van der Waals surface area contributed by atoms with Gasteiger partial charge in [0.05, 0.1) is 24.4 Å². The Hall–Kier alpha value is -0.970. The van der Waals surface area contributed by atoms with Crippen molar-refractivity contribution in [2.45, 2.75) is 31.0 Å². The molecule has 4 nitrogen and oxygen atoms in total. The van der Waals surface area contributed by atoms with Gasteiger partial charge < -0.3 is 10.5 Å². The minimum absolute atomic E-state index is 0.0826. The molecular weight excluding hydrogens is 214 g/mol. The molecular formula is C13H19N3O. The predicted octanol–water partition coefficient (Wildman–Crippen LogP) is 0.945. The molecule has 92 valence electrons. The Bertz CT molecular complexity index is 366. The molecule has 1 saturated carbocycles. The highest BCUT2D eigenvalue weighted by Gasteiger charge is 2.41. The topological polar surface area (TPSA) is 51.4 Å². The number of hydrogen-bond donors (Lipinski definition) is 1. The Labute approximate surface area is 102 Å². The van der Waals surface area contributed by atoms with E-state index in [0.717, 1.165) is 24.9 Å². The molecule has 2 atom stereocenters. The van der Waals surface area contributed by atoms with Gasteiger partial charge in [-0.1, -0.05) is 6.07 Å². The summed E-state index contributed by atoms with van der Waals surface area (Å²) in [4.78, 5) is 7.01. The molecule has 17 heavy (non-hydrogen) atoms. The van der Waals surface area contributed by atoms with Crippen LogP contribution in [0.2, 0.25) is 0 Å². The summed E-state index contributed by atoms with van der Waals surface area (Å²) in [5.41, 5.74) is 6.93. The Morgan fingerprint density at radius 2 is 2.29 bits per heavy atom. The Kier molecular flexibility index (Phi) is 3.09. The van der Waals surface area contributed by atoms with Gasteiger partial charge in [-0.2, -0.15) is 0 Å². The number of aromatic nitrogens is 1. The summed E-state index contributed by atoms with van der Waals surface area (Å²) in [6.45, 7) is 2.36. The first-order valence-corrected chi connectivity index (χ1v) is 6.38. The molecule has 0 amide bonds. The van der Waals surface area contributed by atoms with Gasteiger partial charge in [-0.25, -0.2) is 0 Å². The van der Waals surface area contributed by atoms with E-state index in [1.165, 1.54) is 12.8 Å². The van der Waals surface area contributed by atoms with Crippen molar-refractivity contribution in [3.8, 4) is 0 Å². The van der Waals surface area contributed by atoms with Crippen molar-refractivity contribution < 1.29 is 4.74 Å². The molecule has 1 saturated heterocycles. The van der Waals surface area contributed by atoms with Gasteiger partial charge in [0, 0.05) is 25.3 Å². The van der Waals surface area contributed by atoms with E-state index in [1.54, 1.807) is 0 Å². The van der Waals surface area contributed by atoms with Crippen LogP contribution in [0.15, 0.2) is 24.4 Å². The highest BCUT2D eigenvalue weighted by Crippen LogP contribution is 2.37. The zero-order valence-electron chi connectivity index (χ0n) is 9.96. The number of rotatable bonds is 3. The maximum absolute atomic E-state index is 5.83. The van der Waals surface area contributed by atoms with E-state index in [2.05, 4.69) is 16.0 Å². The summed E-state index contributed by atoms with van der Waals surface area (Å²) in [5.74, 6) is 0. The summed E-state index contributed by atoms with van der Waals surface area (Å²) < 4.78 is 5.80. The zero-order valence-corrected chi connectivity index (χ0v) is 9.96. The molecule has 0 spiro atoms. The Balaban J connectivity index is 1.88. The fraction of sp³-hybridized carbons (Fsp3) is 0.615. The summed E-state index contributed by atoms with van der Waals surface area (Å²) in [6, 6.07) is 7.03. The molecule has 2 fully saturated rings. The lowest BCUT2D eigenvalue weighted by molar-refractivity contribution is -0.0726. The summed E-state index contributed by atoms with van der Waals surface area (Å²) in [7, 11) is 0. The van der Waals surface area contributed by atoms with Crippen LogP contribution in [0.1, 0.15) is 24.6 Å². The van der Waals surface area contributed by atoms with Gasteiger partial charge in [0.15, 0.2) is 0 Å². The van der Waals surface area contributed by atoms with Crippen LogP contribution in [0.4, 0.5) is 0 Å². The normalized spacial score (nSPS) is 30.4. The summed E-state index contributed by atoms with van der Waals surface area (Å²) in [5, 5.41) is 0. The van der Waals surface area contributed by atoms with Crippen LogP contribution < -0.4 is 5.73 Å². The van der Waals surface area contributed by atoms with Crippen molar-refractivity contribution in [1.82, 2.24) is 9.88 Å². The molecule has 0 radical (unpaired) electrons. The number of morpholine rings is 1. The molecule has 1 aliphatic carbocycles. The molecule has 2 heterocycles. The lowest BCUT2D eigenvalue weighted by Crippen LogP contribution is -2.49. The van der Waals surface area contributed by atoms with Gasteiger partial charge in [0.2, 0.25) is 0 Å². The van der Waals surface area contributed by atoms with Gasteiger partial charge in [-0.05, 0) is 25.0 Å². The molecule has 2 aliphatic rings. The fourth-order valence-corrected chi connectivity index (χ4v) is 2.68. The van der Waals surface area contributed by atoms with Crippen molar-refractivity contribution in [3.63, 3.8) is 0 Å². The molecule has 1 aromatic heterocycles. The van der Waals surface area contributed by atoms with Gasteiger partial charge in [0.1, 0.15) is 0 Å². The average molecular weight is 233 g/mol. The van der Waals surface area contributed by atoms with Crippen LogP contribution in [0.25, 0.3) is 0 Å². The summed E-state index contributed by atoms with van der Waals surface area (Å²) >= 11 is 0. The number of nitrogens with two attached hydrogens (primary N) is 1. The van der Waals surface area contributed by atoms with Crippen molar-refractivity contribution >= 4 is 0 Å². The maximum Gasteiger partial charge on any atom is 0.0909 e. The Morgan fingerprint density at radius 3 is 2.94 bits per heavy atom. The fourth-order valence-electron chi connectivity index (χ4n) is 2.68. The SMILES string of the molecule is NCC1OCCN(C2CC2)C1c1ccccn1. The monoisotopic (exact) mass is 233 g/mol. The standard InChI is InChI=1S/C13H19N3O/c14-9-12-13(11-3-1-2-6-15-11)16(7-8-17-12)10-4-5-10/h1-3,6,10,12-13H,4-5,7-9,14H2. The molecule has 1 aromatic rings. The van der Waals surface area contributed by atoms with Gasteiger partial charge in [-0.3, -0.25) is 9.88 Å². The van der Waals surface area contributed by atoms with Crippen molar-refractivity contribution in [1.29, 1.82) is 0 Å². The van der Waals surface area contributed by atoms with E-state index >= 15 is 0 Å². The smallest absolute Gasteiger partial charge is 0.0909 e. The molecule has 0 bridgehead atoms. The third kappa shape index (κ3) is 2.20. The first kappa shape index (κ1) is 11.1. The van der Waals surface area contributed by atoms with E-state index in [0.29, 0.717) is 6.54 Å². The van der Waals surface area contributed by atoms with Crippen molar-refractivity contribution in [2.75, 3.05) is 19.7 Å². The number of hydrogen-bond acceptors (Lipinski definition) is 4. The molecule has 1 aliphatic heterocycles. The number of pyridine rings is 1. The van der Waals surface area contributed by atoms with Gasteiger partial charge >= 0.3 is 0 Å². The van der Waals surface area contributed by atoms with Gasteiger partial charge in [-0.15, -0.1) is 0 Å². The van der Waals surface area contributed by atoms with E-state index in [9.17, 15) is 0 Å². The first-order chi connectivity index (χ1) is 8.40. The van der Waals surface area contributed by atoms with E-state index < -0.39 is 0 Å². The van der Waals surface area contributed by atoms with E-state index in [-0.39, 0.29) is 12.1 Å². The van der Waals surface area contributed by atoms with Gasteiger partial charge in [0.25, 0.3) is 0 Å². The second kappa shape index (κ2) is 4.72. The largest absolute Gasteiger partial charge is 0.374 e. The lowest BCUT2D eigenvalue weighted by Gasteiger charge is -2.40. The zero-order chi connectivity index (χ0) is 11.7. The van der Waals surface area contributed by atoms with Crippen LogP contribution in [0, 0.1) is 0 Å². The second-order valence-electron chi connectivity index (χ2n) is 4.81. The quantitative estimate of drug-likeness (QED) is 0.844. The number of ether oxygens (including phenoxy) is 1. The van der Waals surface area contributed by atoms with Crippen molar-refractivity contribution in [3.05, 3.63) is 30.1 Å². The Morgan fingerprint density at radius 1 is 1.41 bits per heavy atom. The minimum atomic E-state index is 0.0826. The molecule has 2 N–H and O–H groups in total. The lowest BCUT2D eigenvalue weighted by atomic mass is 10.0. The van der Waals surface area contributed by atoms with Crippen LogP contribution in [0.3, 0.4) is 0 Å². The second-order valence-corrected chi connectivity index (χ2v) is 4.81. The van der Waals surface area contributed by atoms with E-state index in [4.69, 9.17) is 10.5 Å². The highest BCUT2D eigenvalue weighted by atomic mass is 16.5. The van der Waals surface area contributed by atoms with Crippen molar-refractivity contribution in [2.24, 2.45) is 5.73 Å². The minimum Gasteiger partial charge on any atom is -0.374 e.